The highest BCUT2D eigenvalue weighted by atomic mass is 28.2. The summed E-state index contributed by atoms with van der Waals surface area (Å²) in [7, 11) is 0.728. The normalized spacial score (nSPS) is 11.5. The van der Waals surface area contributed by atoms with E-state index in [1.807, 2.05) is 0 Å². The molecule has 0 heterocycles. The van der Waals surface area contributed by atoms with Crippen molar-refractivity contribution in [3.8, 4) is 0 Å². The van der Waals surface area contributed by atoms with Crippen LogP contribution in [0.2, 0.25) is 0 Å². The molecule has 0 atom stereocenters. The third-order valence-corrected chi connectivity index (χ3v) is 5.41. The molecule has 0 aliphatic heterocycles. The fourth-order valence-electron chi connectivity index (χ4n) is 3.31. The second kappa shape index (κ2) is 8.09. The highest BCUT2D eigenvalue weighted by Gasteiger charge is 2.30. The quantitative estimate of drug-likeness (QED) is 0.599. The first-order valence-electron chi connectivity index (χ1n) is 8.47. The minimum absolute atomic E-state index is 0.184. The predicted octanol–water partition coefficient (Wildman–Crippen LogP) is 3.75. The fraction of sp³-hybridized carbons (Fsp3) is 0.182. The van der Waals surface area contributed by atoms with Crippen LogP contribution in [0.1, 0.15) is 16.7 Å². The van der Waals surface area contributed by atoms with Crippen molar-refractivity contribution in [1.29, 1.82) is 0 Å². The van der Waals surface area contributed by atoms with Gasteiger partial charge in [-0.25, -0.2) is 0 Å². The smallest absolute Gasteiger partial charge is 0.146 e. The van der Waals surface area contributed by atoms with Crippen LogP contribution >= 0.6 is 0 Å². The standard InChI is InChI=1S/C22H24OSi/c24-23-22(16-19-10-4-1-5-11-19,17-20-12-6-2-7-13-20)18-21-14-8-3-9-15-21/h1-15H,16-18H2,24H3. The molecule has 0 saturated carbocycles. The van der Waals surface area contributed by atoms with Crippen LogP contribution in [-0.4, -0.2) is 16.1 Å². The van der Waals surface area contributed by atoms with E-state index in [1.54, 1.807) is 0 Å². The number of benzene rings is 3. The molecule has 3 rings (SSSR count). The van der Waals surface area contributed by atoms with Crippen molar-refractivity contribution >= 4 is 10.5 Å². The van der Waals surface area contributed by atoms with Crippen molar-refractivity contribution in [2.24, 2.45) is 0 Å². The molecule has 24 heavy (non-hydrogen) atoms. The van der Waals surface area contributed by atoms with E-state index in [1.165, 1.54) is 16.7 Å². The second-order valence-corrected chi connectivity index (χ2v) is 6.78. The van der Waals surface area contributed by atoms with Crippen LogP contribution in [0.15, 0.2) is 91.0 Å². The molecule has 1 nitrogen and oxygen atoms in total. The van der Waals surface area contributed by atoms with E-state index in [-0.39, 0.29) is 5.60 Å². The van der Waals surface area contributed by atoms with Crippen LogP contribution in [0.25, 0.3) is 0 Å². The molecule has 0 fully saturated rings. The molecule has 0 amide bonds. The van der Waals surface area contributed by atoms with Gasteiger partial charge in [0, 0.05) is 19.3 Å². The first kappa shape index (κ1) is 16.7. The molecule has 3 aromatic rings. The summed E-state index contributed by atoms with van der Waals surface area (Å²) < 4.78 is 6.29. The lowest BCUT2D eigenvalue weighted by atomic mass is 9.83. The summed E-state index contributed by atoms with van der Waals surface area (Å²) in [5.41, 5.74) is 3.82. The first-order chi connectivity index (χ1) is 11.8. The molecule has 0 N–H and O–H groups in total. The van der Waals surface area contributed by atoms with Crippen molar-refractivity contribution in [2.75, 3.05) is 0 Å². The van der Waals surface area contributed by atoms with E-state index in [0.717, 1.165) is 29.7 Å². The molecule has 0 saturated heterocycles. The Bertz CT molecular complexity index is 624. The monoisotopic (exact) mass is 332 g/mol. The number of hydrogen-bond acceptors (Lipinski definition) is 1. The minimum atomic E-state index is -0.184. The zero-order chi connectivity index (χ0) is 16.7. The Kier molecular flexibility index (Phi) is 5.62. The first-order valence-corrected chi connectivity index (χ1v) is 9.28. The third-order valence-electron chi connectivity index (χ3n) is 4.54. The summed E-state index contributed by atoms with van der Waals surface area (Å²) in [5.74, 6) is 0. The Morgan fingerprint density at radius 1 is 0.542 bits per heavy atom. The molecule has 2 heteroatoms. The van der Waals surface area contributed by atoms with Gasteiger partial charge in [-0.1, -0.05) is 91.0 Å². The molecule has 0 aromatic heterocycles. The maximum Gasteiger partial charge on any atom is 0.146 e. The zero-order valence-electron chi connectivity index (χ0n) is 14.2. The van der Waals surface area contributed by atoms with E-state index < -0.39 is 0 Å². The van der Waals surface area contributed by atoms with E-state index in [9.17, 15) is 0 Å². The average Bonchev–Trinajstić information content (AvgIpc) is 2.64. The maximum atomic E-state index is 6.29. The predicted molar refractivity (Wildman–Crippen MR) is 104 cm³/mol. The summed E-state index contributed by atoms with van der Waals surface area (Å²) in [6.07, 6.45) is 2.80. The molecule has 0 aliphatic rings. The largest absolute Gasteiger partial charge is 0.421 e. The molecule has 3 aromatic carbocycles. The molecular weight excluding hydrogens is 308 g/mol. The van der Waals surface area contributed by atoms with Crippen molar-refractivity contribution in [3.63, 3.8) is 0 Å². The van der Waals surface area contributed by atoms with Gasteiger partial charge in [0.15, 0.2) is 0 Å². The van der Waals surface area contributed by atoms with Gasteiger partial charge in [0.1, 0.15) is 10.5 Å². The highest BCUT2D eigenvalue weighted by Crippen LogP contribution is 2.27. The molecule has 0 radical (unpaired) electrons. The van der Waals surface area contributed by atoms with Crippen molar-refractivity contribution < 1.29 is 4.43 Å². The van der Waals surface area contributed by atoms with Crippen LogP contribution in [-0.2, 0) is 23.7 Å². The Labute approximate surface area is 147 Å². The van der Waals surface area contributed by atoms with Crippen molar-refractivity contribution in [3.05, 3.63) is 108 Å². The number of hydrogen-bond donors (Lipinski definition) is 0. The van der Waals surface area contributed by atoms with E-state index in [2.05, 4.69) is 91.0 Å². The SMILES string of the molecule is [SiH3]OC(Cc1ccccc1)(Cc1ccccc1)Cc1ccccc1. The second-order valence-electron chi connectivity index (χ2n) is 6.37. The van der Waals surface area contributed by atoms with Crippen LogP contribution in [0, 0.1) is 0 Å². The summed E-state index contributed by atoms with van der Waals surface area (Å²) in [6.45, 7) is 0. The van der Waals surface area contributed by atoms with Gasteiger partial charge >= 0.3 is 0 Å². The molecular formula is C22H24OSi. The van der Waals surface area contributed by atoms with Gasteiger partial charge in [-0.3, -0.25) is 0 Å². The Hall–Kier alpha value is -2.16. The van der Waals surface area contributed by atoms with Crippen molar-refractivity contribution in [1.82, 2.24) is 0 Å². The summed E-state index contributed by atoms with van der Waals surface area (Å²) in [6, 6.07) is 32.1. The van der Waals surface area contributed by atoms with Gasteiger partial charge in [-0.05, 0) is 16.7 Å². The lowest BCUT2D eigenvalue weighted by Gasteiger charge is -2.34. The molecule has 0 unspecified atom stereocenters. The lowest BCUT2D eigenvalue weighted by molar-refractivity contribution is 0.0806. The van der Waals surface area contributed by atoms with E-state index in [4.69, 9.17) is 4.43 Å². The van der Waals surface area contributed by atoms with Crippen LogP contribution < -0.4 is 0 Å². The van der Waals surface area contributed by atoms with Crippen molar-refractivity contribution in [2.45, 2.75) is 24.9 Å². The Balaban J connectivity index is 1.91. The minimum Gasteiger partial charge on any atom is -0.421 e. The maximum absolute atomic E-state index is 6.29. The Morgan fingerprint density at radius 3 is 1.08 bits per heavy atom. The van der Waals surface area contributed by atoms with E-state index >= 15 is 0 Å². The molecule has 0 bridgehead atoms. The summed E-state index contributed by atoms with van der Waals surface area (Å²) in [5, 5.41) is 0. The van der Waals surface area contributed by atoms with Gasteiger partial charge in [-0.15, -0.1) is 0 Å². The van der Waals surface area contributed by atoms with Gasteiger partial charge in [0.05, 0.1) is 5.60 Å². The molecule has 122 valence electrons. The zero-order valence-corrected chi connectivity index (χ0v) is 16.2. The number of rotatable bonds is 7. The van der Waals surface area contributed by atoms with Crippen LogP contribution in [0.4, 0.5) is 0 Å². The van der Waals surface area contributed by atoms with Crippen LogP contribution in [0.3, 0.4) is 0 Å². The summed E-state index contributed by atoms with van der Waals surface area (Å²) >= 11 is 0. The van der Waals surface area contributed by atoms with E-state index in [0.29, 0.717) is 0 Å². The van der Waals surface area contributed by atoms with Gasteiger partial charge in [0.25, 0.3) is 0 Å². The van der Waals surface area contributed by atoms with Gasteiger partial charge in [0.2, 0.25) is 0 Å². The van der Waals surface area contributed by atoms with Gasteiger partial charge < -0.3 is 4.43 Å². The summed E-state index contributed by atoms with van der Waals surface area (Å²) in [4.78, 5) is 0. The van der Waals surface area contributed by atoms with Crippen LogP contribution in [0.5, 0.6) is 0 Å². The topological polar surface area (TPSA) is 9.23 Å². The third kappa shape index (κ3) is 4.44. The van der Waals surface area contributed by atoms with Gasteiger partial charge in [-0.2, -0.15) is 0 Å². The Morgan fingerprint density at radius 2 is 0.833 bits per heavy atom. The highest BCUT2D eigenvalue weighted by molar-refractivity contribution is 5.98. The molecule has 0 spiro atoms. The fourth-order valence-corrected chi connectivity index (χ4v) is 3.74. The molecule has 0 aliphatic carbocycles. The lowest BCUT2D eigenvalue weighted by Crippen LogP contribution is -2.39. The average molecular weight is 333 g/mol.